The summed E-state index contributed by atoms with van der Waals surface area (Å²) in [6.07, 6.45) is 2.72. The fraction of sp³-hybridized carbons (Fsp3) is 0.409. The van der Waals surface area contributed by atoms with E-state index in [1.54, 1.807) is 0 Å². The molecule has 4 heteroatoms. The Morgan fingerprint density at radius 2 is 1.96 bits per heavy atom. The number of hydrogen-bond acceptors (Lipinski definition) is 2. The fourth-order valence-electron chi connectivity index (χ4n) is 3.83. The van der Waals surface area contributed by atoms with Gasteiger partial charge in [-0.1, -0.05) is 51.5 Å². The van der Waals surface area contributed by atoms with Crippen molar-refractivity contribution in [3.8, 4) is 11.1 Å². The van der Waals surface area contributed by atoms with E-state index in [1.165, 1.54) is 11.6 Å². The highest BCUT2D eigenvalue weighted by Gasteiger charge is 2.42. The molecule has 0 spiro atoms. The van der Waals surface area contributed by atoms with Crippen molar-refractivity contribution < 1.29 is 13.9 Å². The van der Waals surface area contributed by atoms with Gasteiger partial charge in [-0.05, 0) is 53.6 Å². The summed E-state index contributed by atoms with van der Waals surface area (Å²) in [4.78, 5) is 11.2. The molecule has 1 atom stereocenters. The number of unbranched alkanes of at least 4 members (excludes halogenated alkanes) is 1. The number of fused-ring (bicyclic) bond motifs is 1. The van der Waals surface area contributed by atoms with Gasteiger partial charge in [0.05, 0.1) is 0 Å². The van der Waals surface area contributed by atoms with Gasteiger partial charge in [0, 0.05) is 11.0 Å². The standard InChI is InChI=1S/C22H26FNO2/c1-4-5-6-14-7-9-15(10-8-14)17-11-16-13-22(2,3)20(26-21(24)25)18(16)12-19(17)23/h7-12,20H,4-6,13H2,1-3H3,(H2,24,25). The number of primary amides is 1. The third kappa shape index (κ3) is 3.59. The van der Waals surface area contributed by atoms with Crippen molar-refractivity contribution in [1.82, 2.24) is 0 Å². The molecular weight excluding hydrogens is 329 g/mol. The predicted octanol–water partition coefficient (Wildman–Crippen LogP) is 5.55. The summed E-state index contributed by atoms with van der Waals surface area (Å²) in [5.74, 6) is -0.305. The molecule has 26 heavy (non-hydrogen) atoms. The van der Waals surface area contributed by atoms with Gasteiger partial charge in [0.15, 0.2) is 0 Å². The second-order valence-corrected chi connectivity index (χ2v) is 7.81. The first kappa shape index (κ1) is 18.4. The van der Waals surface area contributed by atoms with Crippen LogP contribution in [-0.2, 0) is 17.6 Å². The number of carbonyl (C=O) groups excluding carboxylic acids is 1. The number of hydrogen-bond donors (Lipinski definition) is 1. The molecule has 0 aromatic heterocycles. The van der Waals surface area contributed by atoms with Gasteiger partial charge in [-0.3, -0.25) is 0 Å². The zero-order chi connectivity index (χ0) is 18.9. The average molecular weight is 355 g/mol. The minimum absolute atomic E-state index is 0.305. The van der Waals surface area contributed by atoms with Crippen molar-refractivity contribution in [2.24, 2.45) is 11.1 Å². The first-order chi connectivity index (χ1) is 12.3. The number of benzene rings is 2. The summed E-state index contributed by atoms with van der Waals surface area (Å²) in [6.45, 7) is 6.17. The number of aryl methyl sites for hydroxylation is 1. The molecule has 2 N–H and O–H groups in total. The van der Waals surface area contributed by atoms with Crippen LogP contribution in [0.15, 0.2) is 36.4 Å². The third-order valence-electron chi connectivity index (χ3n) is 5.19. The maximum absolute atomic E-state index is 14.8. The SMILES string of the molecule is CCCCc1ccc(-c2cc3c(cc2F)C(OC(N)=O)C(C)(C)C3)cc1. The van der Waals surface area contributed by atoms with Crippen molar-refractivity contribution in [2.45, 2.75) is 52.6 Å². The van der Waals surface area contributed by atoms with Crippen molar-refractivity contribution in [3.05, 3.63) is 58.9 Å². The van der Waals surface area contributed by atoms with Crippen LogP contribution in [0.3, 0.4) is 0 Å². The minimum Gasteiger partial charge on any atom is -0.441 e. The van der Waals surface area contributed by atoms with Crippen LogP contribution in [0, 0.1) is 11.2 Å². The molecule has 0 aliphatic heterocycles. The molecular formula is C22H26FNO2. The molecule has 3 rings (SSSR count). The zero-order valence-corrected chi connectivity index (χ0v) is 15.6. The summed E-state index contributed by atoms with van der Waals surface area (Å²) < 4.78 is 20.1. The number of nitrogens with two attached hydrogens (primary N) is 1. The lowest BCUT2D eigenvalue weighted by Crippen LogP contribution is -2.25. The van der Waals surface area contributed by atoms with Crippen molar-refractivity contribution in [2.75, 3.05) is 0 Å². The Balaban J connectivity index is 1.94. The monoisotopic (exact) mass is 355 g/mol. The van der Waals surface area contributed by atoms with Gasteiger partial charge in [-0.15, -0.1) is 0 Å². The molecule has 0 radical (unpaired) electrons. The highest BCUT2D eigenvalue weighted by atomic mass is 19.1. The number of amides is 1. The van der Waals surface area contributed by atoms with Crippen LogP contribution < -0.4 is 5.73 Å². The van der Waals surface area contributed by atoms with E-state index in [9.17, 15) is 9.18 Å². The average Bonchev–Trinajstić information content (AvgIpc) is 2.82. The topological polar surface area (TPSA) is 52.3 Å². The molecule has 2 aromatic carbocycles. The Labute approximate surface area is 154 Å². The highest BCUT2D eigenvalue weighted by Crippen LogP contribution is 2.48. The maximum Gasteiger partial charge on any atom is 0.405 e. The number of halogens is 1. The molecule has 0 fully saturated rings. The molecule has 0 saturated carbocycles. The van der Waals surface area contributed by atoms with Gasteiger partial charge in [-0.2, -0.15) is 0 Å². The van der Waals surface area contributed by atoms with Gasteiger partial charge in [0.1, 0.15) is 11.9 Å². The highest BCUT2D eigenvalue weighted by molar-refractivity contribution is 5.68. The van der Waals surface area contributed by atoms with E-state index >= 15 is 0 Å². The molecule has 1 amide bonds. The van der Waals surface area contributed by atoms with Gasteiger partial charge in [-0.25, -0.2) is 9.18 Å². The lowest BCUT2D eigenvalue weighted by Gasteiger charge is -2.26. The van der Waals surface area contributed by atoms with E-state index in [-0.39, 0.29) is 11.2 Å². The molecule has 0 heterocycles. The predicted molar refractivity (Wildman–Crippen MR) is 101 cm³/mol. The molecule has 1 unspecified atom stereocenters. The molecule has 3 nitrogen and oxygen atoms in total. The van der Waals surface area contributed by atoms with Gasteiger partial charge in [0.2, 0.25) is 0 Å². The van der Waals surface area contributed by atoms with Crippen molar-refractivity contribution >= 4 is 6.09 Å². The lowest BCUT2D eigenvalue weighted by molar-refractivity contribution is 0.0391. The van der Waals surface area contributed by atoms with Crippen LogP contribution in [0.4, 0.5) is 9.18 Å². The van der Waals surface area contributed by atoms with E-state index in [0.717, 1.165) is 36.0 Å². The number of rotatable bonds is 5. The van der Waals surface area contributed by atoms with Gasteiger partial charge in [0.25, 0.3) is 0 Å². The van der Waals surface area contributed by atoms with E-state index in [4.69, 9.17) is 10.5 Å². The van der Waals surface area contributed by atoms with E-state index in [2.05, 4.69) is 19.1 Å². The first-order valence-electron chi connectivity index (χ1n) is 9.19. The number of ether oxygens (including phenoxy) is 1. The van der Waals surface area contributed by atoms with Crippen LogP contribution in [0.2, 0.25) is 0 Å². The largest absolute Gasteiger partial charge is 0.441 e. The second kappa shape index (κ2) is 7.10. The van der Waals surface area contributed by atoms with Crippen LogP contribution in [0.5, 0.6) is 0 Å². The Bertz CT molecular complexity index is 812. The molecule has 1 aliphatic rings. The van der Waals surface area contributed by atoms with Crippen molar-refractivity contribution in [1.29, 1.82) is 0 Å². The normalized spacial score (nSPS) is 17.8. The Morgan fingerprint density at radius 3 is 2.58 bits per heavy atom. The summed E-state index contributed by atoms with van der Waals surface area (Å²) >= 11 is 0. The fourth-order valence-corrected chi connectivity index (χ4v) is 3.83. The summed E-state index contributed by atoms with van der Waals surface area (Å²) in [5.41, 5.74) is 9.33. The Hall–Kier alpha value is -2.36. The van der Waals surface area contributed by atoms with E-state index in [0.29, 0.717) is 12.0 Å². The molecule has 2 aromatic rings. The van der Waals surface area contributed by atoms with Gasteiger partial charge >= 0.3 is 6.09 Å². The summed E-state index contributed by atoms with van der Waals surface area (Å²) in [5, 5.41) is 0. The molecule has 0 bridgehead atoms. The lowest BCUT2D eigenvalue weighted by atomic mass is 9.87. The molecule has 1 aliphatic carbocycles. The number of carbonyl (C=O) groups is 1. The summed E-state index contributed by atoms with van der Waals surface area (Å²) in [6, 6.07) is 11.5. The molecule has 138 valence electrons. The van der Waals surface area contributed by atoms with E-state index < -0.39 is 12.2 Å². The van der Waals surface area contributed by atoms with Crippen LogP contribution in [-0.4, -0.2) is 6.09 Å². The smallest absolute Gasteiger partial charge is 0.405 e. The van der Waals surface area contributed by atoms with Crippen molar-refractivity contribution in [3.63, 3.8) is 0 Å². The minimum atomic E-state index is -0.830. The quantitative estimate of drug-likeness (QED) is 0.764. The Morgan fingerprint density at radius 1 is 1.27 bits per heavy atom. The van der Waals surface area contributed by atoms with Gasteiger partial charge < -0.3 is 10.5 Å². The maximum atomic E-state index is 14.8. The van der Waals surface area contributed by atoms with Crippen LogP contribution >= 0.6 is 0 Å². The Kier molecular flexibility index (Phi) is 5.03. The zero-order valence-electron chi connectivity index (χ0n) is 15.6. The third-order valence-corrected chi connectivity index (χ3v) is 5.19. The summed E-state index contributed by atoms with van der Waals surface area (Å²) in [7, 11) is 0. The molecule has 0 saturated heterocycles. The van der Waals surface area contributed by atoms with Crippen LogP contribution in [0.25, 0.3) is 11.1 Å². The van der Waals surface area contributed by atoms with E-state index in [1.807, 2.05) is 32.0 Å². The second-order valence-electron chi connectivity index (χ2n) is 7.81. The first-order valence-corrected chi connectivity index (χ1v) is 9.19. The van der Waals surface area contributed by atoms with Crippen LogP contribution in [0.1, 0.15) is 56.4 Å².